The number of amides is 2. The highest BCUT2D eigenvalue weighted by atomic mass is 28.4. The van der Waals surface area contributed by atoms with Gasteiger partial charge in [0.25, 0.3) is 0 Å². The van der Waals surface area contributed by atoms with E-state index in [-0.39, 0.29) is 18.1 Å². The minimum absolute atomic E-state index is 0.0905. The molecule has 0 spiro atoms. The van der Waals surface area contributed by atoms with E-state index in [1.165, 1.54) is 11.9 Å². The number of hydrogen-bond acceptors (Lipinski definition) is 4. The van der Waals surface area contributed by atoms with Crippen LogP contribution in [-0.2, 0) is 9.16 Å². The molecule has 0 radical (unpaired) electrons. The van der Waals surface area contributed by atoms with Crippen molar-refractivity contribution in [2.75, 3.05) is 33.3 Å². The Hall–Kier alpha value is -1.28. The molecule has 0 fully saturated rings. The van der Waals surface area contributed by atoms with Crippen molar-refractivity contribution in [1.29, 1.82) is 0 Å². The molecule has 1 N–H and O–H groups in total. The van der Waals surface area contributed by atoms with Gasteiger partial charge in [-0.1, -0.05) is 20.8 Å². The number of hydrogen-bond donors (Lipinski definition) is 1. The zero-order valence-electron chi connectivity index (χ0n) is 17.3. The normalized spacial score (nSPS) is 12.7. The summed E-state index contributed by atoms with van der Waals surface area (Å²) in [5.41, 5.74) is -0.603. The average Bonchev–Trinajstić information content (AvgIpc) is 2.38. The number of likely N-dealkylation sites (N-methyl/N-ethyl adjacent to an activating group) is 1. The van der Waals surface area contributed by atoms with Crippen molar-refractivity contribution >= 4 is 20.5 Å². The number of carbonyl (C=O) groups is 2. The number of ether oxygens (including phenoxy) is 1. The lowest BCUT2D eigenvalue weighted by atomic mass is 10.2. The maximum Gasteiger partial charge on any atom is 0.410 e. The fraction of sp³-hybridized carbons (Fsp3) is 0.882. The summed E-state index contributed by atoms with van der Waals surface area (Å²) in [5, 5.41) is 9.05. The summed E-state index contributed by atoms with van der Waals surface area (Å²) < 4.78 is 11.5. The van der Waals surface area contributed by atoms with Gasteiger partial charge in [-0.25, -0.2) is 9.59 Å². The minimum Gasteiger partial charge on any atom is -0.465 e. The third-order valence-corrected chi connectivity index (χ3v) is 8.85. The van der Waals surface area contributed by atoms with Gasteiger partial charge >= 0.3 is 12.2 Å². The molecule has 2 amide bonds. The first kappa shape index (κ1) is 23.7. The summed E-state index contributed by atoms with van der Waals surface area (Å²) >= 11 is 0. The van der Waals surface area contributed by atoms with Crippen molar-refractivity contribution < 1.29 is 23.9 Å². The maximum absolute atomic E-state index is 12.4. The molecule has 0 aromatic carbocycles. The minimum atomic E-state index is -1.90. The van der Waals surface area contributed by atoms with Crippen LogP contribution in [0, 0.1) is 0 Å². The van der Waals surface area contributed by atoms with Crippen LogP contribution in [0.25, 0.3) is 0 Å². The predicted octanol–water partition coefficient (Wildman–Crippen LogP) is 3.86. The second kappa shape index (κ2) is 8.89. The highest BCUT2D eigenvalue weighted by Gasteiger charge is 2.37. The first-order valence-corrected chi connectivity index (χ1v) is 11.5. The molecule has 8 heteroatoms. The molecule has 0 aliphatic rings. The van der Waals surface area contributed by atoms with Crippen LogP contribution in [0.15, 0.2) is 0 Å². The van der Waals surface area contributed by atoms with Gasteiger partial charge in [-0.15, -0.1) is 0 Å². The highest BCUT2D eigenvalue weighted by molar-refractivity contribution is 6.74. The number of carboxylic acid groups (broad SMARTS) is 1. The molecule has 0 aliphatic carbocycles. The summed E-state index contributed by atoms with van der Waals surface area (Å²) in [7, 11) is -0.425. The quantitative estimate of drug-likeness (QED) is 0.683. The van der Waals surface area contributed by atoms with Crippen LogP contribution >= 0.6 is 0 Å². The van der Waals surface area contributed by atoms with Gasteiger partial charge in [0.15, 0.2) is 8.32 Å². The van der Waals surface area contributed by atoms with Crippen molar-refractivity contribution in [3.63, 3.8) is 0 Å². The standard InChI is InChI=1S/C17H36N2O5Si/c1-16(2,3)24-15(22)19(11-10-18(7)14(20)21)12-13-23-25(8,9)17(4,5)6/h10-13H2,1-9H3,(H,20,21). The third kappa shape index (κ3) is 9.11. The summed E-state index contributed by atoms with van der Waals surface area (Å²) in [6, 6.07) is 0. The van der Waals surface area contributed by atoms with Gasteiger partial charge in [-0.2, -0.15) is 0 Å². The van der Waals surface area contributed by atoms with Crippen LogP contribution < -0.4 is 0 Å². The van der Waals surface area contributed by atoms with Crippen molar-refractivity contribution in [3.8, 4) is 0 Å². The van der Waals surface area contributed by atoms with Crippen LogP contribution in [0.2, 0.25) is 18.1 Å². The Kier molecular flexibility index (Phi) is 8.43. The Morgan fingerprint density at radius 1 is 1.00 bits per heavy atom. The van der Waals surface area contributed by atoms with Gasteiger partial charge in [0.1, 0.15) is 5.60 Å². The molecule has 0 aromatic heterocycles. The van der Waals surface area contributed by atoms with E-state index in [0.29, 0.717) is 13.2 Å². The Balaban J connectivity index is 4.84. The number of rotatable bonds is 7. The molecule has 0 aromatic rings. The monoisotopic (exact) mass is 376 g/mol. The van der Waals surface area contributed by atoms with E-state index in [0.717, 1.165) is 4.90 Å². The summed E-state index contributed by atoms with van der Waals surface area (Å²) in [4.78, 5) is 26.0. The van der Waals surface area contributed by atoms with E-state index in [2.05, 4.69) is 33.9 Å². The molecule has 0 saturated carbocycles. The number of carbonyl (C=O) groups excluding carboxylic acids is 1. The molecule has 0 bridgehead atoms. The fourth-order valence-corrected chi connectivity index (χ4v) is 2.65. The molecule has 0 rings (SSSR count). The van der Waals surface area contributed by atoms with Crippen LogP contribution in [0.3, 0.4) is 0 Å². The lowest BCUT2D eigenvalue weighted by Crippen LogP contribution is -2.46. The molecule has 25 heavy (non-hydrogen) atoms. The van der Waals surface area contributed by atoms with Crippen molar-refractivity contribution in [1.82, 2.24) is 9.80 Å². The van der Waals surface area contributed by atoms with Gasteiger partial charge in [-0.05, 0) is 38.9 Å². The van der Waals surface area contributed by atoms with Crippen LogP contribution in [0.4, 0.5) is 9.59 Å². The zero-order chi connectivity index (χ0) is 20.1. The molecular formula is C17H36N2O5Si. The smallest absolute Gasteiger partial charge is 0.410 e. The van der Waals surface area contributed by atoms with Gasteiger partial charge in [-0.3, -0.25) is 0 Å². The van der Waals surface area contributed by atoms with E-state index < -0.39 is 26.1 Å². The van der Waals surface area contributed by atoms with Gasteiger partial charge in [0.05, 0.1) is 6.61 Å². The second-order valence-electron chi connectivity index (χ2n) is 8.78. The summed E-state index contributed by atoms with van der Waals surface area (Å²) in [6.07, 6.45) is -1.48. The Morgan fingerprint density at radius 3 is 1.92 bits per heavy atom. The fourth-order valence-electron chi connectivity index (χ4n) is 1.61. The molecule has 0 saturated heterocycles. The van der Waals surface area contributed by atoms with Crippen LogP contribution in [-0.4, -0.2) is 74.3 Å². The van der Waals surface area contributed by atoms with E-state index >= 15 is 0 Å². The largest absolute Gasteiger partial charge is 0.465 e. The van der Waals surface area contributed by atoms with Gasteiger partial charge < -0.3 is 24.1 Å². The highest BCUT2D eigenvalue weighted by Crippen LogP contribution is 2.36. The molecule has 7 nitrogen and oxygen atoms in total. The Labute approximate surface area is 153 Å². The van der Waals surface area contributed by atoms with Crippen LogP contribution in [0.5, 0.6) is 0 Å². The second-order valence-corrected chi connectivity index (χ2v) is 13.6. The SMILES string of the molecule is CN(CCN(CCO[Si](C)(C)C(C)(C)C)C(=O)OC(C)(C)C)C(=O)O. The maximum atomic E-state index is 12.4. The average molecular weight is 377 g/mol. The third-order valence-electron chi connectivity index (χ3n) is 4.31. The lowest BCUT2D eigenvalue weighted by Gasteiger charge is -2.37. The first-order valence-electron chi connectivity index (χ1n) is 8.63. The van der Waals surface area contributed by atoms with Gasteiger partial charge in [0, 0.05) is 26.7 Å². The van der Waals surface area contributed by atoms with Gasteiger partial charge in [0.2, 0.25) is 0 Å². The van der Waals surface area contributed by atoms with E-state index in [1.807, 2.05) is 0 Å². The van der Waals surface area contributed by atoms with Crippen molar-refractivity contribution in [2.45, 2.75) is 65.3 Å². The molecule has 0 atom stereocenters. The van der Waals surface area contributed by atoms with Crippen molar-refractivity contribution in [3.05, 3.63) is 0 Å². The molecule has 0 unspecified atom stereocenters. The molecule has 0 aliphatic heterocycles. The molecular weight excluding hydrogens is 340 g/mol. The summed E-state index contributed by atoms with van der Waals surface area (Å²) in [6.45, 7) is 17.5. The van der Waals surface area contributed by atoms with E-state index in [4.69, 9.17) is 14.3 Å². The zero-order valence-corrected chi connectivity index (χ0v) is 18.3. The Bertz CT molecular complexity index is 455. The summed E-state index contributed by atoms with van der Waals surface area (Å²) in [5.74, 6) is 0. The lowest BCUT2D eigenvalue weighted by molar-refractivity contribution is 0.0208. The number of nitrogens with zero attached hydrogens (tertiary/aromatic N) is 2. The van der Waals surface area contributed by atoms with E-state index in [1.54, 1.807) is 20.8 Å². The molecule has 148 valence electrons. The molecule has 0 heterocycles. The van der Waals surface area contributed by atoms with E-state index in [9.17, 15) is 9.59 Å². The van der Waals surface area contributed by atoms with Crippen LogP contribution in [0.1, 0.15) is 41.5 Å². The topological polar surface area (TPSA) is 79.3 Å². The first-order chi connectivity index (χ1) is 11.1. The Morgan fingerprint density at radius 2 is 1.52 bits per heavy atom. The predicted molar refractivity (Wildman–Crippen MR) is 102 cm³/mol. The van der Waals surface area contributed by atoms with Crippen molar-refractivity contribution in [2.24, 2.45) is 0 Å².